The Hall–Kier alpha value is -4.49. The normalized spacial score (nSPS) is 17.0. The first-order valence-corrected chi connectivity index (χ1v) is 15.0. The van der Waals surface area contributed by atoms with Crippen molar-refractivity contribution < 1.29 is 44.6 Å². The van der Waals surface area contributed by atoms with Gasteiger partial charge in [0.25, 0.3) is 0 Å². The summed E-state index contributed by atoms with van der Waals surface area (Å²) in [6.45, 7) is 0.644. The number of ether oxygens (including phenoxy) is 2. The minimum Gasteiger partial charge on any atom is -0.472 e. The lowest BCUT2D eigenvalue weighted by Crippen LogP contribution is -2.34. The highest BCUT2D eigenvalue weighted by atomic mass is 35.5. The second-order valence-corrected chi connectivity index (χ2v) is 11.9. The highest BCUT2D eigenvalue weighted by Crippen LogP contribution is 2.38. The van der Waals surface area contributed by atoms with Gasteiger partial charge >= 0.3 is 12.4 Å². The number of fused-ring (bicyclic) bond motifs is 2. The summed E-state index contributed by atoms with van der Waals surface area (Å²) in [4.78, 5) is 12.8. The van der Waals surface area contributed by atoms with Crippen LogP contribution in [0.2, 0.25) is 5.02 Å². The molecule has 6 heterocycles. The molecule has 0 radical (unpaired) electrons. The predicted octanol–water partition coefficient (Wildman–Crippen LogP) is 5.90. The Kier molecular flexibility index (Phi) is 8.38. The van der Waals surface area contributed by atoms with Crippen LogP contribution in [0.1, 0.15) is 40.5 Å². The van der Waals surface area contributed by atoms with E-state index >= 15 is 0 Å². The average Bonchev–Trinajstić information content (AvgIpc) is 3.63. The molecule has 0 aliphatic carbocycles. The number of hydrogen-bond donors (Lipinski definition) is 1. The van der Waals surface area contributed by atoms with Gasteiger partial charge in [0.1, 0.15) is 40.8 Å². The van der Waals surface area contributed by atoms with E-state index < -0.39 is 53.4 Å². The van der Waals surface area contributed by atoms with Gasteiger partial charge in [0.2, 0.25) is 11.7 Å². The first-order valence-electron chi connectivity index (χ1n) is 14.7. The van der Waals surface area contributed by atoms with Crippen molar-refractivity contribution in [2.75, 3.05) is 13.2 Å². The lowest BCUT2D eigenvalue weighted by atomic mass is 10.0. The number of alkyl halides is 6. The van der Waals surface area contributed by atoms with E-state index in [4.69, 9.17) is 21.1 Å². The van der Waals surface area contributed by atoms with Crippen LogP contribution in [0.3, 0.4) is 0 Å². The maximum atomic E-state index is 14.3. The molecule has 0 amide bonds. The Morgan fingerprint density at radius 3 is 2.37 bits per heavy atom. The number of rotatable bonds is 8. The van der Waals surface area contributed by atoms with Gasteiger partial charge in [0.05, 0.1) is 30.5 Å². The summed E-state index contributed by atoms with van der Waals surface area (Å²) in [6.07, 6.45) is -8.77. The lowest BCUT2D eigenvalue weighted by molar-refractivity contribution is -0.144. The van der Waals surface area contributed by atoms with Crippen LogP contribution >= 0.6 is 11.6 Å². The molecule has 7 rings (SSSR count). The summed E-state index contributed by atoms with van der Waals surface area (Å²) in [5.74, 6) is -4.05. The molecule has 0 saturated carbocycles. The van der Waals surface area contributed by atoms with Crippen molar-refractivity contribution >= 4 is 22.8 Å². The standard InChI is InChI=1S/C29H22ClF8N9O2/c30-14-6-18(31)16(19(32)7-14)12-49-26-17(28(33,34)35)5-13-1-3-46(10-22(13)40-26)11-23-39-21-8-20(24-41-27(45-43-24)29(36,37)38)42-44-25(21)47(23)9-15-2-4-48-15/h5-8,15H,1-4,9-12H2,(H,41,43,45)/t15-/m0/s1. The molecular formula is C29H22ClF8N9O2. The largest absolute Gasteiger partial charge is 0.472 e. The highest BCUT2D eigenvalue weighted by molar-refractivity contribution is 6.30. The third kappa shape index (κ3) is 6.73. The van der Waals surface area contributed by atoms with Crippen LogP contribution in [-0.2, 0) is 49.8 Å². The molecule has 2 aliphatic rings. The Labute approximate surface area is 275 Å². The van der Waals surface area contributed by atoms with Crippen LogP contribution in [0.5, 0.6) is 5.88 Å². The number of imidazole rings is 1. The van der Waals surface area contributed by atoms with Gasteiger partial charge in [0, 0.05) is 24.7 Å². The number of aromatic amines is 1. The second-order valence-electron chi connectivity index (χ2n) is 11.4. The fourth-order valence-electron chi connectivity index (χ4n) is 5.53. The molecular weight excluding hydrogens is 694 g/mol. The molecule has 0 bridgehead atoms. The molecule has 258 valence electrons. The van der Waals surface area contributed by atoms with E-state index in [2.05, 4.69) is 35.3 Å². The topological polar surface area (TPSA) is 120 Å². The molecule has 1 aromatic carbocycles. The van der Waals surface area contributed by atoms with Gasteiger partial charge in [-0.25, -0.2) is 18.7 Å². The van der Waals surface area contributed by atoms with Crippen molar-refractivity contribution in [3.63, 3.8) is 0 Å². The van der Waals surface area contributed by atoms with Crippen molar-refractivity contribution in [1.82, 2.24) is 44.8 Å². The van der Waals surface area contributed by atoms with Gasteiger partial charge in [-0.3, -0.25) is 4.90 Å². The van der Waals surface area contributed by atoms with Crippen LogP contribution in [0.15, 0.2) is 24.3 Å². The molecule has 0 unspecified atom stereocenters. The first-order chi connectivity index (χ1) is 23.2. The minimum atomic E-state index is -4.86. The van der Waals surface area contributed by atoms with Gasteiger partial charge in [0.15, 0.2) is 11.5 Å². The van der Waals surface area contributed by atoms with E-state index in [1.54, 1.807) is 4.57 Å². The number of halogens is 9. The smallest absolute Gasteiger partial charge is 0.451 e. The molecule has 4 aromatic heterocycles. The molecule has 1 atom stereocenters. The average molecular weight is 716 g/mol. The van der Waals surface area contributed by atoms with Gasteiger partial charge in [-0.2, -0.15) is 26.3 Å². The van der Waals surface area contributed by atoms with Crippen LogP contribution in [0.25, 0.3) is 22.7 Å². The Bertz CT molecular complexity index is 2020. The molecule has 2 aliphatic heterocycles. The van der Waals surface area contributed by atoms with E-state index in [0.29, 0.717) is 42.2 Å². The monoisotopic (exact) mass is 715 g/mol. The van der Waals surface area contributed by atoms with Crippen molar-refractivity contribution in [1.29, 1.82) is 0 Å². The van der Waals surface area contributed by atoms with Gasteiger partial charge in [-0.05, 0) is 42.7 Å². The first kappa shape index (κ1) is 33.0. The molecule has 5 aromatic rings. The second kappa shape index (κ2) is 12.4. The van der Waals surface area contributed by atoms with Crippen molar-refractivity contribution in [3.05, 3.63) is 75.0 Å². The fraction of sp³-hybridized carbons (Fsp3) is 0.379. The summed E-state index contributed by atoms with van der Waals surface area (Å²) in [5.41, 5.74) is -0.557. The molecule has 1 N–H and O–H groups in total. The van der Waals surface area contributed by atoms with E-state index in [9.17, 15) is 35.1 Å². The zero-order chi connectivity index (χ0) is 34.7. The zero-order valence-electron chi connectivity index (χ0n) is 24.8. The van der Waals surface area contributed by atoms with E-state index in [1.165, 1.54) is 6.07 Å². The van der Waals surface area contributed by atoms with E-state index in [1.807, 2.05) is 4.90 Å². The van der Waals surface area contributed by atoms with Crippen molar-refractivity contribution in [2.45, 2.75) is 57.5 Å². The number of hydrogen-bond acceptors (Lipinski definition) is 9. The summed E-state index contributed by atoms with van der Waals surface area (Å²) in [7, 11) is 0. The van der Waals surface area contributed by atoms with Crippen LogP contribution in [-0.4, -0.2) is 64.1 Å². The third-order valence-electron chi connectivity index (χ3n) is 8.11. The fourth-order valence-corrected chi connectivity index (χ4v) is 5.72. The Morgan fingerprint density at radius 2 is 1.71 bits per heavy atom. The quantitative estimate of drug-likeness (QED) is 0.196. The maximum absolute atomic E-state index is 14.3. The molecule has 49 heavy (non-hydrogen) atoms. The summed E-state index contributed by atoms with van der Waals surface area (Å²) >= 11 is 5.64. The molecule has 0 spiro atoms. The van der Waals surface area contributed by atoms with Crippen LogP contribution in [0, 0.1) is 11.6 Å². The van der Waals surface area contributed by atoms with Crippen LogP contribution < -0.4 is 4.74 Å². The predicted molar refractivity (Wildman–Crippen MR) is 153 cm³/mol. The lowest BCUT2D eigenvalue weighted by Gasteiger charge is -2.30. The van der Waals surface area contributed by atoms with Gasteiger partial charge in [-0.15, -0.1) is 20.4 Å². The van der Waals surface area contributed by atoms with Crippen molar-refractivity contribution in [2.24, 2.45) is 0 Å². The minimum absolute atomic E-state index is 0.0194. The van der Waals surface area contributed by atoms with Crippen LogP contribution in [0.4, 0.5) is 35.1 Å². The number of nitrogens with zero attached hydrogens (tertiary/aromatic N) is 8. The van der Waals surface area contributed by atoms with E-state index in [-0.39, 0.29) is 47.8 Å². The summed E-state index contributed by atoms with van der Waals surface area (Å²) in [6, 6.07) is 3.99. The molecule has 1 saturated heterocycles. The summed E-state index contributed by atoms with van der Waals surface area (Å²) in [5, 5.41) is 14.7. The Morgan fingerprint density at radius 1 is 0.959 bits per heavy atom. The number of nitrogens with one attached hydrogen (secondary N) is 1. The zero-order valence-corrected chi connectivity index (χ0v) is 25.6. The Balaban J connectivity index is 1.16. The van der Waals surface area contributed by atoms with Gasteiger partial charge < -0.3 is 19.0 Å². The molecule has 20 heteroatoms. The number of benzene rings is 1. The number of aromatic nitrogens is 8. The van der Waals surface area contributed by atoms with E-state index in [0.717, 1.165) is 24.6 Å². The maximum Gasteiger partial charge on any atom is 0.451 e. The SMILES string of the molecule is Fc1cc(Cl)cc(F)c1COc1nc2c(cc1C(F)(F)F)CCN(Cc1nc3cc(-c4nnc(C(F)(F)F)[nH]4)nnc3n1C[C@@H]1CCO1)C2. The molecule has 11 nitrogen and oxygen atoms in total. The third-order valence-corrected chi connectivity index (χ3v) is 8.32. The number of pyridine rings is 1. The van der Waals surface area contributed by atoms with Crippen molar-refractivity contribution in [3.8, 4) is 17.4 Å². The number of H-pyrrole nitrogens is 1. The molecule has 1 fully saturated rings. The summed E-state index contributed by atoms with van der Waals surface area (Å²) < 4.78 is 122. The highest BCUT2D eigenvalue weighted by Gasteiger charge is 2.38. The van der Waals surface area contributed by atoms with Gasteiger partial charge in [-0.1, -0.05) is 11.6 Å².